The Kier molecular flexibility index (Phi) is 9.96. The van der Waals surface area contributed by atoms with Crippen molar-refractivity contribution in [3.63, 3.8) is 0 Å². The molecule has 0 saturated heterocycles. The highest BCUT2D eigenvalue weighted by Crippen LogP contribution is 2.52. The molecule has 28 heavy (non-hydrogen) atoms. The molecule has 0 bridgehead atoms. The highest BCUT2D eigenvalue weighted by atomic mass is 35.6. The minimum Gasteiger partial charge on any atom is -0.461 e. The van der Waals surface area contributed by atoms with Crippen molar-refractivity contribution in [2.45, 2.75) is 31.2 Å². The van der Waals surface area contributed by atoms with E-state index in [-0.39, 0.29) is 25.5 Å². The number of esters is 1. The van der Waals surface area contributed by atoms with Gasteiger partial charge in [0.25, 0.3) is 0 Å². The number of carbonyl (C=O) groups excluding carboxylic acids is 2. The van der Waals surface area contributed by atoms with E-state index in [1.54, 1.807) is 20.8 Å². The monoisotopic (exact) mass is 480 g/mol. The van der Waals surface area contributed by atoms with Crippen LogP contribution in [-0.2, 0) is 29.8 Å². The largest absolute Gasteiger partial charge is 0.461 e. The number of aromatic nitrogens is 3. The van der Waals surface area contributed by atoms with E-state index in [4.69, 9.17) is 53.3 Å². The van der Waals surface area contributed by atoms with Crippen molar-refractivity contribution >= 4 is 54.6 Å². The van der Waals surface area contributed by atoms with Crippen LogP contribution in [0.3, 0.4) is 0 Å². The molecule has 1 amide bonds. The second kappa shape index (κ2) is 11.2. The maximum atomic E-state index is 13.1. The van der Waals surface area contributed by atoms with Gasteiger partial charge in [-0.2, -0.15) is 4.67 Å². The van der Waals surface area contributed by atoms with Gasteiger partial charge in [-0.25, -0.2) is 18.8 Å². The SMILES string of the molecule is CCOC(=O)c1cnnn1CN(C(=O)OCC(Cl)(Cl)Cl)P(=O)(OCC)OCC. The number of carbonyl (C=O) groups is 2. The predicted octanol–water partition coefficient (Wildman–Crippen LogP) is 3.40. The average Bonchev–Trinajstić information content (AvgIpc) is 3.06. The van der Waals surface area contributed by atoms with E-state index >= 15 is 0 Å². The third-order valence-electron chi connectivity index (χ3n) is 2.82. The van der Waals surface area contributed by atoms with E-state index < -0.39 is 36.9 Å². The van der Waals surface area contributed by atoms with E-state index in [0.29, 0.717) is 4.67 Å². The van der Waals surface area contributed by atoms with E-state index in [1.165, 1.54) is 0 Å². The van der Waals surface area contributed by atoms with Crippen LogP contribution >= 0.6 is 42.5 Å². The fourth-order valence-electron chi connectivity index (χ4n) is 1.81. The van der Waals surface area contributed by atoms with Gasteiger partial charge in [-0.1, -0.05) is 40.0 Å². The molecule has 0 fully saturated rings. The zero-order chi connectivity index (χ0) is 21.4. The lowest BCUT2D eigenvalue weighted by Crippen LogP contribution is -2.35. The normalized spacial score (nSPS) is 11.9. The summed E-state index contributed by atoms with van der Waals surface area (Å²) in [5, 5.41) is 7.29. The first-order valence-electron chi connectivity index (χ1n) is 8.04. The van der Waals surface area contributed by atoms with Gasteiger partial charge in [0, 0.05) is 0 Å². The van der Waals surface area contributed by atoms with Gasteiger partial charge in [0.2, 0.25) is 3.79 Å². The van der Waals surface area contributed by atoms with Crippen molar-refractivity contribution in [3.05, 3.63) is 11.9 Å². The lowest BCUT2D eigenvalue weighted by atomic mass is 10.5. The minimum atomic E-state index is -4.19. The molecular weight excluding hydrogens is 461 g/mol. The number of hydrogen-bond acceptors (Lipinski definition) is 9. The van der Waals surface area contributed by atoms with E-state index in [1.807, 2.05) is 0 Å². The molecule has 11 nitrogen and oxygen atoms in total. The molecule has 0 spiro atoms. The number of ether oxygens (including phenoxy) is 2. The van der Waals surface area contributed by atoms with Crippen LogP contribution in [0, 0.1) is 0 Å². The standard InChI is InChI=1S/C13H20Cl3N4O7P/c1-4-24-11(21)10-7-17-18-19(10)9-20(12(22)25-8-13(14,15)16)28(23,26-5-2)27-6-3/h7H,4-6,8-9H2,1-3H3. The summed E-state index contributed by atoms with van der Waals surface area (Å²) in [4.78, 5) is 24.5. The summed E-state index contributed by atoms with van der Waals surface area (Å²) in [5.74, 6) is -0.746. The molecule has 0 aliphatic rings. The first-order chi connectivity index (χ1) is 13.1. The Morgan fingerprint density at radius 1 is 1.14 bits per heavy atom. The van der Waals surface area contributed by atoms with Crippen LogP contribution in [0.15, 0.2) is 6.20 Å². The zero-order valence-corrected chi connectivity index (χ0v) is 18.5. The molecule has 1 aromatic rings. The van der Waals surface area contributed by atoms with Crippen molar-refractivity contribution < 1.29 is 32.7 Å². The van der Waals surface area contributed by atoms with Gasteiger partial charge in [-0.05, 0) is 20.8 Å². The molecule has 0 radical (unpaired) electrons. The number of alkyl halides is 3. The molecule has 15 heteroatoms. The number of halogens is 3. The van der Waals surface area contributed by atoms with Crippen LogP contribution in [0.2, 0.25) is 0 Å². The summed E-state index contributed by atoms with van der Waals surface area (Å²) >= 11 is 16.7. The van der Waals surface area contributed by atoms with Gasteiger partial charge in [-0.15, -0.1) is 5.10 Å². The first-order valence-corrected chi connectivity index (χ1v) is 10.7. The molecule has 1 heterocycles. The molecule has 0 N–H and O–H groups in total. The van der Waals surface area contributed by atoms with E-state index in [9.17, 15) is 14.2 Å². The molecule has 0 aromatic carbocycles. The first kappa shape index (κ1) is 24.9. The average molecular weight is 482 g/mol. The van der Waals surface area contributed by atoms with E-state index in [2.05, 4.69) is 10.3 Å². The molecule has 0 atom stereocenters. The topological polar surface area (TPSA) is 122 Å². The van der Waals surface area contributed by atoms with Crippen molar-refractivity contribution in [1.29, 1.82) is 0 Å². The Bertz CT molecular complexity index is 703. The summed E-state index contributed by atoms with van der Waals surface area (Å²) in [6.45, 7) is 3.53. The van der Waals surface area contributed by atoms with Gasteiger partial charge < -0.3 is 9.47 Å². The number of amides is 1. The molecule has 1 aromatic heterocycles. The minimum absolute atomic E-state index is 0.0480. The van der Waals surface area contributed by atoms with Crippen molar-refractivity contribution in [2.75, 3.05) is 26.4 Å². The lowest BCUT2D eigenvalue weighted by molar-refractivity contribution is 0.0500. The van der Waals surface area contributed by atoms with Crippen LogP contribution in [-0.4, -0.2) is 61.9 Å². The smallest absolute Gasteiger partial charge is 0.441 e. The molecule has 0 unspecified atom stereocenters. The van der Waals surface area contributed by atoms with Gasteiger partial charge in [0.1, 0.15) is 13.3 Å². The Morgan fingerprint density at radius 3 is 2.25 bits per heavy atom. The van der Waals surface area contributed by atoms with Gasteiger partial charge >= 0.3 is 19.8 Å². The number of rotatable bonds is 10. The summed E-state index contributed by atoms with van der Waals surface area (Å²) in [6.07, 6.45) is -0.0587. The van der Waals surface area contributed by atoms with Gasteiger partial charge in [-0.3, -0.25) is 9.05 Å². The molecule has 1 rings (SSSR count). The third-order valence-corrected chi connectivity index (χ3v) is 5.20. The van der Waals surface area contributed by atoms with Crippen LogP contribution < -0.4 is 0 Å². The third kappa shape index (κ3) is 7.38. The zero-order valence-electron chi connectivity index (χ0n) is 15.3. The summed E-state index contributed by atoms with van der Waals surface area (Å²) in [5.41, 5.74) is -0.0967. The Balaban J connectivity index is 3.21. The fourth-order valence-corrected chi connectivity index (χ4v) is 3.51. The summed E-state index contributed by atoms with van der Waals surface area (Å²) in [7, 11) is -4.19. The van der Waals surface area contributed by atoms with Gasteiger partial charge in [0.15, 0.2) is 5.69 Å². The summed E-state index contributed by atoms with van der Waals surface area (Å²) < 4.78 is 32.9. The number of nitrogens with zero attached hydrogens (tertiary/aromatic N) is 4. The van der Waals surface area contributed by atoms with Crippen LogP contribution in [0.25, 0.3) is 0 Å². The molecular formula is C13H20Cl3N4O7P. The quantitative estimate of drug-likeness (QED) is 0.281. The Labute approximate surface area is 176 Å². The maximum Gasteiger partial charge on any atom is 0.441 e. The van der Waals surface area contributed by atoms with E-state index in [0.717, 1.165) is 10.9 Å². The predicted molar refractivity (Wildman–Crippen MR) is 100 cm³/mol. The highest BCUT2D eigenvalue weighted by molar-refractivity contribution is 7.52. The Hall–Kier alpha value is -1.10. The van der Waals surface area contributed by atoms with Crippen LogP contribution in [0.5, 0.6) is 0 Å². The highest BCUT2D eigenvalue weighted by Gasteiger charge is 2.40. The molecule has 0 saturated carbocycles. The van der Waals surface area contributed by atoms with Crippen LogP contribution in [0.1, 0.15) is 31.3 Å². The van der Waals surface area contributed by atoms with Crippen LogP contribution in [0.4, 0.5) is 4.79 Å². The summed E-state index contributed by atoms with van der Waals surface area (Å²) in [6, 6.07) is 0. The second-order valence-electron chi connectivity index (χ2n) is 4.85. The maximum absolute atomic E-state index is 13.1. The molecule has 0 aliphatic heterocycles. The van der Waals surface area contributed by atoms with Gasteiger partial charge in [0.05, 0.1) is 26.0 Å². The second-order valence-corrected chi connectivity index (χ2v) is 9.31. The number of hydrogen-bond donors (Lipinski definition) is 0. The van der Waals surface area contributed by atoms with Crippen molar-refractivity contribution in [1.82, 2.24) is 19.7 Å². The lowest BCUT2D eigenvalue weighted by Gasteiger charge is -2.29. The Morgan fingerprint density at radius 2 is 1.75 bits per heavy atom. The molecule has 160 valence electrons. The van der Waals surface area contributed by atoms with Crippen molar-refractivity contribution in [3.8, 4) is 0 Å². The fraction of sp³-hybridized carbons (Fsp3) is 0.692. The van der Waals surface area contributed by atoms with Crippen molar-refractivity contribution in [2.24, 2.45) is 0 Å². The molecule has 0 aliphatic carbocycles.